The Labute approximate surface area is 112 Å². The number of halogens is 2. The van der Waals surface area contributed by atoms with E-state index in [1.54, 1.807) is 13.8 Å². The van der Waals surface area contributed by atoms with Gasteiger partial charge in [0.15, 0.2) is 9.84 Å². The smallest absolute Gasteiger partial charge is 0.157 e. The van der Waals surface area contributed by atoms with Crippen LogP contribution in [-0.4, -0.2) is 25.9 Å². The molecule has 2 atom stereocenters. The zero-order chi connectivity index (χ0) is 14.6. The Hall–Kier alpha value is -1.01. The number of benzene rings is 1. The van der Waals surface area contributed by atoms with E-state index in [4.69, 9.17) is 5.11 Å². The molecule has 1 aromatic rings. The maximum absolute atomic E-state index is 13.7. The first-order valence-corrected chi connectivity index (χ1v) is 7.80. The molecular formula is C13H18F2O3S. The van der Waals surface area contributed by atoms with E-state index in [1.165, 1.54) is 6.07 Å². The van der Waals surface area contributed by atoms with E-state index in [0.717, 1.165) is 6.07 Å². The quantitative estimate of drug-likeness (QED) is 0.876. The molecule has 0 bridgehead atoms. The van der Waals surface area contributed by atoms with Crippen LogP contribution in [0.5, 0.6) is 0 Å². The van der Waals surface area contributed by atoms with Crippen molar-refractivity contribution < 1.29 is 22.3 Å². The van der Waals surface area contributed by atoms with Gasteiger partial charge in [-0.3, -0.25) is 0 Å². The molecule has 0 amide bonds. The average Bonchev–Trinajstić information content (AvgIpc) is 2.31. The van der Waals surface area contributed by atoms with E-state index < -0.39 is 32.6 Å². The monoisotopic (exact) mass is 292 g/mol. The first kappa shape index (κ1) is 16.0. The Bertz CT molecular complexity index is 529. The van der Waals surface area contributed by atoms with Gasteiger partial charge in [-0.1, -0.05) is 19.9 Å². The van der Waals surface area contributed by atoms with E-state index in [0.29, 0.717) is 6.07 Å². The lowest BCUT2D eigenvalue weighted by Crippen LogP contribution is -2.23. The highest BCUT2D eigenvalue weighted by molar-refractivity contribution is 7.91. The largest absolute Gasteiger partial charge is 0.396 e. The van der Waals surface area contributed by atoms with E-state index in [-0.39, 0.29) is 24.3 Å². The van der Waals surface area contributed by atoms with Gasteiger partial charge in [-0.15, -0.1) is 0 Å². The standard InChI is InChI=1S/C13H18F2O3S/c1-3-13(19(17,18)8-9(2)7-16)11-5-4-10(14)6-12(11)15/h4-6,9,13,16H,3,7-8H2,1-2H3. The van der Waals surface area contributed by atoms with Gasteiger partial charge in [0, 0.05) is 18.2 Å². The molecule has 0 radical (unpaired) electrons. The van der Waals surface area contributed by atoms with Gasteiger partial charge in [-0.05, 0) is 18.4 Å². The Balaban J connectivity index is 3.12. The Morgan fingerprint density at radius 3 is 2.42 bits per heavy atom. The molecule has 1 N–H and O–H groups in total. The van der Waals surface area contributed by atoms with Crippen LogP contribution in [0.1, 0.15) is 31.1 Å². The van der Waals surface area contributed by atoms with Crippen molar-refractivity contribution in [3.63, 3.8) is 0 Å². The summed E-state index contributed by atoms with van der Waals surface area (Å²) in [6.45, 7) is 2.99. The maximum Gasteiger partial charge on any atom is 0.157 e. The van der Waals surface area contributed by atoms with Crippen LogP contribution in [-0.2, 0) is 9.84 Å². The van der Waals surface area contributed by atoms with Crippen molar-refractivity contribution in [3.05, 3.63) is 35.4 Å². The summed E-state index contributed by atoms with van der Waals surface area (Å²) < 4.78 is 50.9. The predicted molar refractivity (Wildman–Crippen MR) is 69.4 cm³/mol. The van der Waals surface area contributed by atoms with Crippen molar-refractivity contribution in [2.75, 3.05) is 12.4 Å². The minimum absolute atomic E-state index is 0.0194. The summed E-state index contributed by atoms with van der Waals surface area (Å²) in [4.78, 5) is 0. The zero-order valence-corrected chi connectivity index (χ0v) is 11.8. The summed E-state index contributed by atoms with van der Waals surface area (Å²) in [6, 6.07) is 2.90. The Morgan fingerprint density at radius 2 is 1.95 bits per heavy atom. The molecule has 0 heterocycles. The Kier molecular flexibility index (Phi) is 5.43. The second-order valence-corrected chi connectivity index (χ2v) is 6.91. The highest BCUT2D eigenvalue weighted by Gasteiger charge is 2.29. The summed E-state index contributed by atoms with van der Waals surface area (Å²) >= 11 is 0. The second-order valence-electron chi connectivity index (χ2n) is 4.68. The summed E-state index contributed by atoms with van der Waals surface area (Å²) in [5.74, 6) is -2.23. The number of sulfone groups is 1. The molecule has 0 saturated heterocycles. The van der Waals surface area contributed by atoms with Gasteiger partial charge in [0.25, 0.3) is 0 Å². The number of hydrogen-bond acceptors (Lipinski definition) is 3. The molecule has 6 heteroatoms. The maximum atomic E-state index is 13.7. The highest BCUT2D eigenvalue weighted by Crippen LogP contribution is 2.30. The molecule has 0 spiro atoms. The molecule has 1 rings (SSSR count). The molecule has 3 nitrogen and oxygen atoms in total. The fraction of sp³-hybridized carbons (Fsp3) is 0.538. The average molecular weight is 292 g/mol. The van der Waals surface area contributed by atoms with Crippen LogP contribution in [0, 0.1) is 17.6 Å². The third-order valence-electron chi connectivity index (χ3n) is 2.94. The molecule has 0 aliphatic rings. The number of rotatable bonds is 6. The lowest BCUT2D eigenvalue weighted by atomic mass is 10.1. The van der Waals surface area contributed by atoms with Gasteiger partial charge >= 0.3 is 0 Å². The van der Waals surface area contributed by atoms with Gasteiger partial charge in [0.05, 0.1) is 11.0 Å². The highest BCUT2D eigenvalue weighted by atomic mass is 32.2. The topological polar surface area (TPSA) is 54.4 Å². The van der Waals surface area contributed by atoms with E-state index in [2.05, 4.69) is 0 Å². The summed E-state index contributed by atoms with van der Waals surface area (Å²) in [7, 11) is -3.59. The van der Waals surface area contributed by atoms with Crippen molar-refractivity contribution >= 4 is 9.84 Å². The van der Waals surface area contributed by atoms with Crippen LogP contribution in [0.25, 0.3) is 0 Å². The van der Waals surface area contributed by atoms with Crippen molar-refractivity contribution in [3.8, 4) is 0 Å². The van der Waals surface area contributed by atoms with Crippen molar-refractivity contribution in [1.82, 2.24) is 0 Å². The number of aliphatic hydroxyl groups is 1. The van der Waals surface area contributed by atoms with Crippen molar-refractivity contribution in [1.29, 1.82) is 0 Å². The minimum atomic E-state index is -3.59. The summed E-state index contributed by atoms with van der Waals surface area (Å²) in [5.41, 5.74) is -0.0194. The van der Waals surface area contributed by atoms with Gasteiger partial charge in [0.1, 0.15) is 11.6 Å². The third kappa shape index (κ3) is 3.98. The van der Waals surface area contributed by atoms with Gasteiger partial charge < -0.3 is 5.11 Å². The fourth-order valence-corrected chi connectivity index (χ4v) is 4.21. The normalized spacial score (nSPS) is 15.2. The van der Waals surface area contributed by atoms with Crippen LogP contribution >= 0.6 is 0 Å². The van der Waals surface area contributed by atoms with Gasteiger partial charge in [-0.25, -0.2) is 17.2 Å². The van der Waals surface area contributed by atoms with Crippen LogP contribution in [0.3, 0.4) is 0 Å². The van der Waals surface area contributed by atoms with E-state index in [1.807, 2.05) is 0 Å². The fourth-order valence-electron chi connectivity index (χ4n) is 2.00. The lowest BCUT2D eigenvalue weighted by Gasteiger charge is -2.19. The molecular weight excluding hydrogens is 274 g/mol. The molecule has 0 aliphatic heterocycles. The van der Waals surface area contributed by atoms with Crippen LogP contribution in [0.15, 0.2) is 18.2 Å². The Morgan fingerprint density at radius 1 is 1.32 bits per heavy atom. The number of hydrogen-bond donors (Lipinski definition) is 1. The molecule has 0 saturated carbocycles. The van der Waals surface area contributed by atoms with E-state index >= 15 is 0 Å². The first-order chi connectivity index (χ1) is 8.81. The third-order valence-corrected chi connectivity index (χ3v) is 5.43. The predicted octanol–water partition coefficient (Wildman–Crippen LogP) is 2.46. The second kappa shape index (κ2) is 6.43. The molecule has 2 unspecified atom stereocenters. The van der Waals surface area contributed by atoms with Crippen LogP contribution < -0.4 is 0 Å². The molecule has 1 aromatic carbocycles. The SMILES string of the molecule is CCC(c1ccc(F)cc1F)S(=O)(=O)CC(C)CO. The van der Waals surface area contributed by atoms with Crippen LogP contribution in [0.2, 0.25) is 0 Å². The van der Waals surface area contributed by atoms with Gasteiger partial charge in [-0.2, -0.15) is 0 Å². The molecule has 0 aromatic heterocycles. The van der Waals surface area contributed by atoms with E-state index in [9.17, 15) is 17.2 Å². The molecule has 108 valence electrons. The molecule has 0 fully saturated rings. The lowest BCUT2D eigenvalue weighted by molar-refractivity contribution is 0.249. The molecule has 0 aliphatic carbocycles. The summed E-state index contributed by atoms with van der Waals surface area (Å²) in [5, 5.41) is 7.91. The zero-order valence-electron chi connectivity index (χ0n) is 10.9. The first-order valence-electron chi connectivity index (χ1n) is 6.09. The molecule has 19 heavy (non-hydrogen) atoms. The number of aliphatic hydroxyl groups excluding tert-OH is 1. The minimum Gasteiger partial charge on any atom is -0.396 e. The van der Waals surface area contributed by atoms with Gasteiger partial charge in [0.2, 0.25) is 0 Å². The van der Waals surface area contributed by atoms with Crippen LogP contribution in [0.4, 0.5) is 8.78 Å². The summed E-state index contributed by atoms with van der Waals surface area (Å²) in [6.07, 6.45) is 0.197. The van der Waals surface area contributed by atoms with Crippen molar-refractivity contribution in [2.45, 2.75) is 25.5 Å². The van der Waals surface area contributed by atoms with Crippen molar-refractivity contribution in [2.24, 2.45) is 5.92 Å².